The lowest BCUT2D eigenvalue weighted by Gasteiger charge is -2.57. The number of Topliss-reactive ketones (excluding diaryl/α,β-unsaturated/α-hetero) is 3. The molecule has 0 heterocycles. The van der Waals surface area contributed by atoms with Crippen LogP contribution in [0.3, 0.4) is 0 Å². The minimum atomic E-state index is -0.627. The van der Waals surface area contributed by atoms with E-state index in [2.05, 4.69) is 13.5 Å². The lowest BCUT2D eigenvalue weighted by molar-refractivity contribution is -0.148. The summed E-state index contributed by atoms with van der Waals surface area (Å²) in [5, 5.41) is 0. The molecule has 0 bridgehead atoms. The summed E-state index contributed by atoms with van der Waals surface area (Å²) >= 11 is 0. The van der Waals surface area contributed by atoms with E-state index in [1.807, 2.05) is 6.92 Å². The fourth-order valence-electron chi connectivity index (χ4n) is 7.00. The summed E-state index contributed by atoms with van der Waals surface area (Å²) in [5.41, 5.74) is 0.785. The van der Waals surface area contributed by atoms with Crippen molar-refractivity contribution in [1.82, 2.24) is 0 Å². The number of rotatable bonds is 1. The first-order chi connectivity index (χ1) is 12.1. The van der Waals surface area contributed by atoms with Gasteiger partial charge in [-0.15, -0.1) is 0 Å². The molecule has 0 aliphatic heterocycles. The zero-order chi connectivity index (χ0) is 19.0. The molecule has 6 atom stereocenters. The maximum atomic E-state index is 13.3. The summed E-state index contributed by atoms with van der Waals surface area (Å²) in [6.45, 7) is 9.91. The largest absolute Gasteiger partial charge is 0.300 e. The first-order valence-electron chi connectivity index (χ1n) is 9.60. The molecule has 3 saturated carbocycles. The number of carbonyl (C=O) groups is 4. The second-order valence-corrected chi connectivity index (χ2v) is 9.38. The summed E-state index contributed by atoms with van der Waals surface area (Å²) in [7, 11) is 0. The molecule has 0 amide bonds. The average molecular weight is 354 g/mol. The Labute approximate surface area is 154 Å². The van der Waals surface area contributed by atoms with Crippen LogP contribution < -0.4 is 0 Å². The van der Waals surface area contributed by atoms with Crippen molar-refractivity contribution in [2.75, 3.05) is 0 Å². The summed E-state index contributed by atoms with van der Waals surface area (Å²) in [6, 6.07) is 0. The van der Waals surface area contributed by atoms with Gasteiger partial charge in [0.1, 0.15) is 11.6 Å². The van der Waals surface area contributed by atoms with Crippen LogP contribution in [-0.4, -0.2) is 23.1 Å². The van der Waals surface area contributed by atoms with Gasteiger partial charge in [-0.25, -0.2) is 0 Å². The van der Waals surface area contributed by atoms with E-state index in [1.54, 1.807) is 6.92 Å². The van der Waals surface area contributed by atoms with Crippen molar-refractivity contribution >= 4 is 23.1 Å². The fraction of sp³-hybridized carbons (Fsp3) is 0.636. The van der Waals surface area contributed by atoms with Gasteiger partial charge in [0, 0.05) is 30.1 Å². The van der Waals surface area contributed by atoms with E-state index in [4.69, 9.17) is 0 Å². The van der Waals surface area contributed by atoms with Gasteiger partial charge in [-0.1, -0.05) is 26.0 Å². The molecule has 4 rings (SSSR count). The molecule has 0 unspecified atom stereocenters. The van der Waals surface area contributed by atoms with Gasteiger partial charge in [-0.3, -0.25) is 19.2 Å². The third-order valence-corrected chi connectivity index (χ3v) is 7.99. The van der Waals surface area contributed by atoms with Crippen molar-refractivity contribution in [2.24, 2.45) is 34.5 Å². The molecular weight excluding hydrogens is 328 g/mol. The summed E-state index contributed by atoms with van der Waals surface area (Å²) in [6.07, 6.45) is 4.41. The second-order valence-electron chi connectivity index (χ2n) is 9.38. The minimum Gasteiger partial charge on any atom is -0.300 e. The monoisotopic (exact) mass is 354 g/mol. The van der Waals surface area contributed by atoms with E-state index in [0.29, 0.717) is 18.8 Å². The van der Waals surface area contributed by atoms with Crippen LogP contribution in [0.25, 0.3) is 0 Å². The molecule has 0 N–H and O–H groups in total. The SMILES string of the molecule is C=C1C[C@H]2[C@@H]3CC[C@H](C(C)=O)[C@@]3(C)CC(=O)[C@@H]2[C@@]2(C)CC(=O)C(=O)C=C12. The molecule has 0 aromatic carbocycles. The van der Waals surface area contributed by atoms with Crippen molar-refractivity contribution in [2.45, 2.75) is 52.9 Å². The number of hydrogen-bond acceptors (Lipinski definition) is 4. The zero-order valence-electron chi connectivity index (χ0n) is 15.8. The van der Waals surface area contributed by atoms with Crippen LogP contribution >= 0.6 is 0 Å². The third kappa shape index (κ3) is 2.07. The van der Waals surface area contributed by atoms with E-state index < -0.39 is 17.0 Å². The highest BCUT2D eigenvalue weighted by Gasteiger charge is 2.63. The first kappa shape index (κ1) is 17.6. The molecule has 138 valence electrons. The van der Waals surface area contributed by atoms with E-state index in [-0.39, 0.29) is 41.2 Å². The van der Waals surface area contributed by atoms with Crippen LogP contribution in [0.5, 0.6) is 0 Å². The number of ketones is 4. The molecule has 4 aliphatic rings. The van der Waals surface area contributed by atoms with E-state index >= 15 is 0 Å². The molecule has 0 aromatic rings. The van der Waals surface area contributed by atoms with E-state index in [9.17, 15) is 19.2 Å². The molecule has 4 heteroatoms. The highest BCUT2D eigenvalue weighted by molar-refractivity contribution is 6.42. The minimum absolute atomic E-state index is 0.0509. The Morgan fingerprint density at radius 2 is 1.85 bits per heavy atom. The van der Waals surface area contributed by atoms with Gasteiger partial charge in [0.15, 0.2) is 0 Å². The van der Waals surface area contributed by atoms with Gasteiger partial charge < -0.3 is 0 Å². The van der Waals surface area contributed by atoms with Crippen LogP contribution in [0.15, 0.2) is 23.8 Å². The molecule has 4 aliphatic carbocycles. The van der Waals surface area contributed by atoms with Gasteiger partial charge in [0.2, 0.25) is 11.6 Å². The average Bonchev–Trinajstić information content (AvgIpc) is 2.86. The van der Waals surface area contributed by atoms with Gasteiger partial charge >= 0.3 is 0 Å². The van der Waals surface area contributed by atoms with Crippen molar-refractivity contribution < 1.29 is 19.2 Å². The Morgan fingerprint density at radius 3 is 2.50 bits per heavy atom. The maximum absolute atomic E-state index is 13.3. The molecular formula is C22H26O4. The predicted octanol–water partition coefficient (Wildman–Crippen LogP) is 3.25. The molecule has 0 saturated heterocycles. The fourth-order valence-corrected chi connectivity index (χ4v) is 7.00. The number of carbonyl (C=O) groups excluding carboxylic acids is 4. The Balaban J connectivity index is 1.81. The van der Waals surface area contributed by atoms with Gasteiger partial charge in [-0.05, 0) is 55.1 Å². The second kappa shape index (κ2) is 5.34. The first-order valence-corrected chi connectivity index (χ1v) is 9.60. The van der Waals surface area contributed by atoms with Gasteiger partial charge in [-0.2, -0.15) is 0 Å². The van der Waals surface area contributed by atoms with E-state index in [1.165, 1.54) is 6.08 Å². The molecule has 26 heavy (non-hydrogen) atoms. The van der Waals surface area contributed by atoms with Crippen molar-refractivity contribution in [3.63, 3.8) is 0 Å². The normalized spacial score (nSPS) is 45.0. The number of allylic oxidation sites excluding steroid dienone is 2. The summed E-state index contributed by atoms with van der Waals surface area (Å²) < 4.78 is 0. The Bertz CT molecular complexity index is 803. The lowest BCUT2D eigenvalue weighted by Crippen LogP contribution is -2.56. The molecule has 4 nitrogen and oxygen atoms in total. The zero-order valence-corrected chi connectivity index (χ0v) is 15.8. The quantitative estimate of drug-likeness (QED) is 0.678. The van der Waals surface area contributed by atoms with Gasteiger partial charge in [0.25, 0.3) is 0 Å². The highest BCUT2D eigenvalue weighted by atomic mass is 16.2. The smallest absolute Gasteiger partial charge is 0.221 e. The lowest BCUT2D eigenvalue weighted by atomic mass is 9.45. The highest BCUT2D eigenvalue weighted by Crippen LogP contribution is 2.66. The van der Waals surface area contributed by atoms with Crippen LogP contribution in [-0.2, 0) is 19.2 Å². The van der Waals surface area contributed by atoms with E-state index in [0.717, 1.165) is 24.0 Å². The third-order valence-electron chi connectivity index (χ3n) is 7.99. The van der Waals surface area contributed by atoms with Crippen LogP contribution in [0.2, 0.25) is 0 Å². The molecule has 0 spiro atoms. The van der Waals surface area contributed by atoms with Crippen LogP contribution in [0.1, 0.15) is 52.9 Å². The Hall–Kier alpha value is -1.84. The van der Waals surface area contributed by atoms with Crippen molar-refractivity contribution in [3.8, 4) is 0 Å². The Morgan fingerprint density at radius 1 is 1.15 bits per heavy atom. The number of hydrogen-bond donors (Lipinski definition) is 0. The topological polar surface area (TPSA) is 68.3 Å². The van der Waals surface area contributed by atoms with Crippen molar-refractivity contribution in [3.05, 3.63) is 23.8 Å². The summed E-state index contributed by atoms with van der Waals surface area (Å²) in [4.78, 5) is 49.7. The standard InChI is InChI=1S/C22H26O4/c1-11-7-13-15-6-5-14(12(2)23)21(15,3)10-19(26)20(13)22(4)9-18(25)17(24)8-16(11)22/h8,13-15,20H,1,5-7,9-10H2,2-4H3/t13-,14+,15-,20+,21+,22-/m0/s1. The predicted molar refractivity (Wildman–Crippen MR) is 96.2 cm³/mol. The maximum Gasteiger partial charge on any atom is 0.221 e. The van der Waals surface area contributed by atoms with Crippen LogP contribution in [0.4, 0.5) is 0 Å². The Kier molecular flexibility index (Phi) is 3.61. The summed E-state index contributed by atoms with van der Waals surface area (Å²) in [5.74, 6) is -0.430. The number of fused-ring (bicyclic) bond motifs is 5. The molecule has 0 radical (unpaired) electrons. The van der Waals surface area contributed by atoms with Gasteiger partial charge in [0.05, 0.1) is 0 Å². The molecule has 3 fully saturated rings. The van der Waals surface area contributed by atoms with Crippen LogP contribution in [0, 0.1) is 34.5 Å². The molecule has 0 aromatic heterocycles. The van der Waals surface area contributed by atoms with Crippen molar-refractivity contribution in [1.29, 1.82) is 0 Å².